The van der Waals surface area contributed by atoms with E-state index in [0.29, 0.717) is 22.0 Å². The molecule has 10 heteroatoms. The molecule has 1 N–H and O–H groups in total. The van der Waals surface area contributed by atoms with Gasteiger partial charge in [-0.2, -0.15) is 14.9 Å². The summed E-state index contributed by atoms with van der Waals surface area (Å²) in [6.45, 7) is 0. The molecular formula is C17H21N5O4S. The van der Waals surface area contributed by atoms with Crippen molar-refractivity contribution in [3.63, 3.8) is 0 Å². The molecule has 0 amide bonds. The summed E-state index contributed by atoms with van der Waals surface area (Å²) in [7, 11) is 2.85. The van der Waals surface area contributed by atoms with E-state index in [4.69, 9.17) is 21.7 Å². The number of nitro groups is 1. The van der Waals surface area contributed by atoms with Crippen molar-refractivity contribution < 1.29 is 14.4 Å². The van der Waals surface area contributed by atoms with Crippen LogP contribution in [0.15, 0.2) is 17.2 Å². The second-order valence-corrected chi connectivity index (χ2v) is 6.69. The molecule has 1 heterocycles. The Morgan fingerprint density at radius 2 is 2.00 bits per heavy atom. The standard InChI is InChI=1S/C17H21N5O4S/c1-25-14-9-15(26-2)13(22(23)24)8-12(14)10-18-21-16(19-20-17(21)27)11-6-4-3-5-7-11/h8-11H,3-7H2,1-2H3,(H,20,27)/b18-10-. The van der Waals surface area contributed by atoms with Gasteiger partial charge in [0.05, 0.1) is 25.4 Å². The first-order valence-corrected chi connectivity index (χ1v) is 9.08. The fraction of sp³-hybridized carbons (Fsp3) is 0.471. The minimum Gasteiger partial charge on any atom is -0.496 e. The predicted molar refractivity (Wildman–Crippen MR) is 102 cm³/mol. The van der Waals surface area contributed by atoms with Crippen molar-refractivity contribution in [2.75, 3.05) is 14.2 Å². The van der Waals surface area contributed by atoms with E-state index >= 15 is 0 Å². The lowest BCUT2D eigenvalue weighted by Gasteiger charge is -2.19. The first-order chi connectivity index (χ1) is 13.0. The Kier molecular flexibility index (Phi) is 5.84. The van der Waals surface area contributed by atoms with Gasteiger partial charge in [0.2, 0.25) is 10.5 Å². The molecule has 27 heavy (non-hydrogen) atoms. The van der Waals surface area contributed by atoms with Crippen molar-refractivity contribution in [1.82, 2.24) is 14.9 Å². The SMILES string of the molecule is COc1cc(OC)c([N+](=O)[O-])cc1/C=N\n1c(C2CCCCC2)n[nH]c1=S. The van der Waals surface area contributed by atoms with Gasteiger partial charge in [-0.15, -0.1) is 0 Å². The topological polar surface area (TPSA) is 108 Å². The highest BCUT2D eigenvalue weighted by Crippen LogP contribution is 2.34. The molecule has 144 valence electrons. The Morgan fingerprint density at radius 3 is 2.63 bits per heavy atom. The largest absolute Gasteiger partial charge is 0.496 e. The molecule has 0 spiro atoms. The molecule has 2 aromatic rings. The van der Waals surface area contributed by atoms with Gasteiger partial charge in [0.1, 0.15) is 5.75 Å². The molecule has 1 aromatic carbocycles. The molecule has 9 nitrogen and oxygen atoms in total. The van der Waals surface area contributed by atoms with Crippen molar-refractivity contribution in [3.05, 3.63) is 38.4 Å². The predicted octanol–water partition coefficient (Wildman–Crippen LogP) is 3.80. The lowest BCUT2D eigenvalue weighted by atomic mass is 9.89. The number of nitro benzene ring substituents is 1. The Hall–Kier alpha value is -2.75. The average molecular weight is 391 g/mol. The monoisotopic (exact) mass is 391 g/mol. The van der Waals surface area contributed by atoms with E-state index in [-0.39, 0.29) is 11.4 Å². The number of rotatable bonds is 6. The quantitative estimate of drug-likeness (QED) is 0.347. The summed E-state index contributed by atoms with van der Waals surface area (Å²) in [5.74, 6) is 1.63. The molecule has 0 radical (unpaired) electrons. The van der Waals surface area contributed by atoms with E-state index < -0.39 is 4.92 Å². The van der Waals surface area contributed by atoms with E-state index in [1.807, 2.05) is 0 Å². The van der Waals surface area contributed by atoms with Crippen molar-refractivity contribution in [2.24, 2.45) is 5.10 Å². The number of aromatic amines is 1. The number of nitrogens with zero attached hydrogens (tertiary/aromatic N) is 4. The molecule has 0 atom stereocenters. The molecule has 1 fully saturated rings. The molecule has 0 bridgehead atoms. The van der Waals surface area contributed by atoms with Crippen LogP contribution < -0.4 is 9.47 Å². The summed E-state index contributed by atoms with van der Waals surface area (Å²) in [5, 5.41) is 22.8. The fourth-order valence-electron chi connectivity index (χ4n) is 3.31. The Labute approximate surface area is 161 Å². The number of methoxy groups -OCH3 is 2. The van der Waals surface area contributed by atoms with Crippen LogP contribution in [0.25, 0.3) is 0 Å². The van der Waals surface area contributed by atoms with Crippen LogP contribution in [0.2, 0.25) is 0 Å². The molecule has 0 aliphatic heterocycles. The van der Waals surface area contributed by atoms with Crippen LogP contribution in [0.5, 0.6) is 11.5 Å². The van der Waals surface area contributed by atoms with E-state index in [1.54, 1.807) is 4.68 Å². The molecular weight excluding hydrogens is 370 g/mol. The number of H-pyrrole nitrogens is 1. The fourth-order valence-corrected chi connectivity index (χ4v) is 3.50. The third-order valence-corrected chi connectivity index (χ3v) is 4.95. The molecule has 1 aliphatic rings. The van der Waals surface area contributed by atoms with Crippen LogP contribution in [-0.4, -0.2) is 40.2 Å². The van der Waals surface area contributed by atoms with Crippen LogP contribution >= 0.6 is 12.2 Å². The zero-order valence-corrected chi connectivity index (χ0v) is 16.0. The third-order valence-electron chi connectivity index (χ3n) is 4.69. The van der Waals surface area contributed by atoms with Crippen molar-refractivity contribution >= 4 is 24.1 Å². The first-order valence-electron chi connectivity index (χ1n) is 8.67. The van der Waals surface area contributed by atoms with E-state index in [2.05, 4.69) is 15.3 Å². The Bertz CT molecular complexity index is 915. The minimum atomic E-state index is -0.507. The summed E-state index contributed by atoms with van der Waals surface area (Å²) >= 11 is 5.30. The number of benzene rings is 1. The van der Waals surface area contributed by atoms with Crippen molar-refractivity contribution in [1.29, 1.82) is 0 Å². The second-order valence-electron chi connectivity index (χ2n) is 6.30. The maximum atomic E-state index is 11.3. The second kappa shape index (κ2) is 8.30. The van der Waals surface area contributed by atoms with Gasteiger partial charge in [-0.1, -0.05) is 19.3 Å². The molecule has 1 saturated carbocycles. The Balaban J connectivity index is 1.99. The molecule has 1 aliphatic carbocycles. The highest BCUT2D eigenvalue weighted by molar-refractivity contribution is 7.71. The summed E-state index contributed by atoms with van der Waals surface area (Å²) < 4.78 is 12.4. The summed E-state index contributed by atoms with van der Waals surface area (Å²) in [6, 6.07) is 2.83. The van der Waals surface area contributed by atoms with Gasteiger partial charge in [-0.25, -0.2) is 0 Å². The van der Waals surface area contributed by atoms with Crippen LogP contribution in [-0.2, 0) is 0 Å². The zero-order chi connectivity index (χ0) is 19.4. The summed E-state index contributed by atoms with van der Waals surface area (Å²) in [6.07, 6.45) is 7.14. The van der Waals surface area contributed by atoms with E-state index in [0.717, 1.165) is 31.5 Å². The lowest BCUT2D eigenvalue weighted by molar-refractivity contribution is -0.385. The van der Waals surface area contributed by atoms with Gasteiger partial charge in [0.15, 0.2) is 5.82 Å². The number of nitrogens with one attached hydrogen (secondary N) is 1. The van der Waals surface area contributed by atoms with Gasteiger partial charge in [-0.05, 0) is 25.1 Å². The highest BCUT2D eigenvalue weighted by Gasteiger charge is 2.22. The normalized spacial score (nSPS) is 15.2. The summed E-state index contributed by atoms with van der Waals surface area (Å²) in [4.78, 5) is 10.8. The molecule has 0 unspecified atom stereocenters. The maximum absolute atomic E-state index is 11.3. The van der Waals surface area contributed by atoms with Crippen LogP contribution in [0.4, 0.5) is 5.69 Å². The third kappa shape index (κ3) is 4.00. The maximum Gasteiger partial charge on any atom is 0.311 e. The zero-order valence-electron chi connectivity index (χ0n) is 15.2. The molecule has 3 rings (SSSR count). The van der Waals surface area contributed by atoms with Crippen molar-refractivity contribution in [2.45, 2.75) is 38.0 Å². The van der Waals surface area contributed by atoms with E-state index in [1.165, 1.54) is 39.0 Å². The van der Waals surface area contributed by atoms with E-state index in [9.17, 15) is 10.1 Å². The average Bonchev–Trinajstić information content (AvgIpc) is 3.06. The van der Waals surface area contributed by atoms with Crippen LogP contribution in [0.1, 0.15) is 49.4 Å². The Morgan fingerprint density at radius 1 is 1.30 bits per heavy atom. The van der Waals surface area contributed by atoms with Gasteiger partial charge < -0.3 is 9.47 Å². The summed E-state index contributed by atoms with van der Waals surface area (Å²) in [5.41, 5.74) is 0.283. The lowest BCUT2D eigenvalue weighted by Crippen LogP contribution is -2.10. The van der Waals surface area contributed by atoms with Gasteiger partial charge in [0.25, 0.3) is 0 Å². The van der Waals surface area contributed by atoms with Crippen LogP contribution in [0, 0.1) is 14.9 Å². The van der Waals surface area contributed by atoms with Crippen molar-refractivity contribution in [3.8, 4) is 11.5 Å². The number of hydrogen-bond donors (Lipinski definition) is 1. The number of ether oxygens (including phenoxy) is 2. The van der Waals surface area contributed by atoms with Gasteiger partial charge in [0, 0.05) is 23.6 Å². The minimum absolute atomic E-state index is 0.122. The number of hydrogen-bond acceptors (Lipinski definition) is 7. The smallest absolute Gasteiger partial charge is 0.311 e. The molecule has 0 saturated heterocycles. The van der Waals surface area contributed by atoms with Gasteiger partial charge >= 0.3 is 5.69 Å². The highest BCUT2D eigenvalue weighted by atomic mass is 32.1. The number of aromatic nitrogens is 3. The van der Waals surface area contributed by atoms with Gasteiger partial charge in [-0.3, -0.25) is 15.2 Å². The first kappa shape index (κ1) is 19.0. The van der Waals surface area contributed by atoms with Crippen LogP contribution in [0.3, 0.4) is 0 Å². The molecule has 1 aromatic heterocycles.